The molecule has 9 heteroatoms. The third kappa shape index (κ3) is 3.25. The molecule has 1 rings (SSSR count). The zero-order valence-corrected chi connectivity index (χ0v) is 10.8. The first-order chi connectivity index (χ1) is 8.53. The van der Waals surface area contributed by atoms with Gasteiger partial charge in [0.2, 0.25) is 0 Å². The van der Waals surface area contributed by atoms with Crippen molar-refractivity contribution in [1.82, 2.24) is 0 Å². The Morgan fingerprint density at radius 2 is 0.889 bits per heavy atom. The van der Waals surface area contributed by atoms with Crippen LogP contribution in [0.3, 0.4) is 0 Å². The van der Waals surface area contributed by atoms with Crippen molar-refractivity contribution in [1.29, 1.82) is 0 Å². The molecule has 0 spiro atoms. The van der Waals surface area contributed by atoms with Crippen molar-refractivity contribution in [2.24, 2.45) is 15.5 Å². The Hall–Kier alpha value is -1.50. The summed E-state index contributed by atoms with van der Waals surface area (Å²) in [5, 5.41) is 33.5. The maximum Gasteiger partial charge on any atom is 0.175 e. The number of halogens is 3. The molecule has 0 aromatic heterocycles. The van der Waals surface area contributed by atoms with Gasteiger partial charge in [-0.25, -0.2) is 0 Å². The fourth-order valence-corrected chi connectivity index (χ4v) is 1.49. The van der Waals surface area contributed by atoms with Crippen LogP contribution in [0, 0.1) is 0 Å². The molecule has 1 aromatic carbocycles. The maximum absolute atomic E-state index is 8.59. The first kappa shape index (κ1) is 14.6. The molecule has 0 saturated carbocycles. The quantitative estimate of drug-likeness (QED) is 0.455. The lowest BCUT2D eigenvalue weighted by Gasteiger charge is -2.05. The lowest BCUT2D eigenvalue weighted by atomic mass is 10.1. The van der Waals surface area contributed by atoms with E-state index in [9.17, 15) is 0 Å². The molecule has 3 N–H and O–H groups in total. The average molecular weight is 311 g/mol. The minimum absolute atomic E-state index is 0.233. The minimum atomic E-state index is -0.233. The Balaban J connectivity index is 3.48. The highest BCUT2D eigenvalue weighted by molar-refractivity contribution is 6.72. The fraction of sp³-hybridized carbons (Fsp3) is 0. The number of benzene rings is 1. The lowest BCUT2D eigenvalue weighted by molar-refractivity contribution is 0.321. The van der Waals surface area contributed by atoms with Crippen molar-refractivity contribution in [3.05, 3.63) is 34.9 Å². The van der Waals surface area contributed by atoms with E-state index >= 15 is 0 Å². The van der Waals surface area contributed by atoms with Crippen LogP contribution in [-0.2, 0) is 0 Å². The molecule has 0 unspecified atom stereocenters. The summed E-state index contributed by atoms with van der Waals surface area (Å²) in [6.45, 7) is 0. The Kier molecular flexibility index (Phi) is 5.21. The summed E-state index contributed by atoms with van der Waals surface area (Å²) < 4.78 is 0. The first-order valence-electron chi connectivity index (χ1n) is 4.32. The molecular formula is C9H6Cl3N3O3. The van der Waals surface area contributed by atoms with Crippen LogP contribution in [0.2, 0.25) is 0 Å². The summed E-state index contributed by atoms with van der Waals surface area (Å²) >= 11 is 16.9. The molecule has 0 aliphatic carbocycles. The van der Waals surface area contributed by atoms with Crippen molar-refractivity contribution in [2.45, 2.75) is 0 Å². The maximum atomic E-state index is 8.59. The standard InChI is InChI=1S/C9H6Cl3N3O3/c10-7(13-16)4-1-5(8(11)14-17)3-6(2-4)9(12)15-18/h1-3,16-18H. The van der Waals surface area contributed by atoms with Gasteiger partial charge >= 0.3 is 0 Å². The average Bonchev–Trinajstić information content (AvgIpc) is 2.43. The second-order valence-electron chi connectivity index (χ2n) is 2.97. The molecule has 0 fully saturated rings. The minimum Gasteiger partial charge on any atom is -0.410 e. The van der Waals surface area contributed by atoms with Crippen molar-refractivity contribution >= 4 is 50.3 Å². The topological polar surface area (TPSA) is 97.8 Å². The Morgan fingerprint density at radius 1 is 0.667 bits per heavy atom. The zero-order chi connectivity index (χ0) is 13.7. The predicted octanol–water partition coefficient (Wildman–Crippen LogP) is 2.81. The number of hydrogen-bond acceptors (Lipinski definition) is 6. The van der Waals surface area contributed by atoms with Gasteiger partial charge in [-0.05, 0) is 18.2 Å². The van der Waals surface area contributed by atoms with Gasteiger partial charge in [-0.3, -0.25) is 0 Å². The van der Waals surface area contributed by atoms with E-state index < -0.39 is 0 Å². The van der Waals surface area contributed by atoms with E-state index in [4.69, 9.17) is 50.4 Å². The molecule has 6 nitrogen and oxygen atoms in total. The zero-order valence-electron chi connectivity index (χ0n) is 8.55. The van der Waals surface area contributed by atoms with E-state index in [1.165, 1.54) is 18.2 Å². The van der Waals surface area contributed by atoms with E-state index in [2.05, 4.69) is 15.5 Å². The third-order valence-electron chi connectivity index (χ3n) is 1.91. The highest BCUT2D eigenvalue weighted by Gasteiger charge is 2.11. The van der Waals surface area contributed by atoms with Crippen LogP contribution in [0.1, 0.15) is 16.7 Å². The molecule has 0 aliphatic rings. The lowest BCUT2D eigenvalue weighted by Crippen LogP contribution is -2.02. The van der Waals surface area contributed by atoms with Crippen LogP contribution in [0.15, 0.2) is 33.7 Å². The second kappa shape index (κ2) is 6.44. The van der Waals surface area contributed by atoms with Gasteiger partial charge in [-0.2, -0.15) is 0 Å². The summed E-state index contributed by atoms with van der Waals surface area (Å²) in [5.74, 6) is 0. The molecule has 0 radical (unpaired) electrons. The Labute approximate surface area is 116 Å². The largest absolute Gasteiger partial charge is 0.410 e. The number of rotatable bonds is 3. The van der Waals surface area contributed by atoms with Gasteiger partial charge in [0.25, 0.3) is 0 Å². The molecule has 18 heavy (non-hydrogen) atoms. The van der Waals surface area contributed by atoms with E-state index in [1.807, 2.05) is 0 Å². The highest BCUT2D eigenvalue weighted by atomic mass is 35.5. The molecule has 1 aromatic rings. The normalized spacial score (nSPS) is 13.8. The summed E-state index contributed by atoms with van der Waals surface area (Å²) in [4.78, 5) is 0. The van der Waals surface area contributed by atoms with Crippen LogP contribution in [0.4, 0.5) is 0 Å². The van der Waals surface area contributed by atoms with Crippen LogP contribution in [-0.4, -0.2) is 31.1 Å². The van der Waals surface area contributed by atoms with Gasteiger partial charge in [0, 0.05) is 16.7 Å². The number of nitrogens with zero attached hydrogens (tertiary/aromatic N) is 3. The molecule has 0 aliphatic heterocycles. The second-order valence-corrected chi connectivity index (χ2v) is 4.05. The smallest absolute Gasteiger partial charge is 0.175 e. The molecule has 0 heterocycles. The van der Waals surface area contributed by atoms with Crippen LogP contribution < -0.4 is 0 Å². The summed E-state index contributed by atoms with van der Waals surface area (Å²) in [7, 11) is 0. The summed E-state index contributed by atoms with van der Waals surface area (Å²) in [6, 6.07) is 4.19. The predicted molar refractivity (Wildman–Crippen MR) is 69.0 cm³/mol. The molecule has 0 amide bonds. The van der Waals surface area contributed by atoms with Crippen molar-refractivity contribution in [2.75, 3.05) is 0 Å². The summed E-state index contributed by atoms with van der Waals surface area (Å²) in [6.07, 6.45) is 0. The Morgan fingerprint density at radius 3 is 1.06 bits per heavy atom. The van der Waals surface area contributed by atoms with E-state index in [-0.39, 0.29) is 32.2 Å². The molecule has 0 bridgehead atoms. The van der Waals surface area contributed by atoms with Gasteiger partial charge < -0.3 is 15.6 Å². The number of hydrogen-bond donors (Lipinski definition) is 3. The van der Waals surface area contributed by atoms with E-state index in [0.717, 1.165) is 0 Å². The summed E-state index contributed by atoms with van der Waals surface area (Å²) in [5.41, 5.74) is 0.737. The third-order valence-corrected chi connectivity index (χ3v) is 2.79. The van der Waals surface area contributed by atoms with Gasteiger partial charge in [0.05, 0.1) is 0 Å². The molecule has 0 saturated heterocycles. The van der Waals surface area contributed by atoms with Crippen LogP contribution >= 0.6 is 34.8 Å². The SMILES string of the molecule is ON=C(Cl)c1cc(C(Cl)=NO)cc(C(Cl)=NO)c1. The van der Waals surface area contributed by atoms with Crippen molar-refractivity contribution in [3.8, 4) is 0 Å². The molecule has 96 valence electrons. The Bertz CT molecular complexity index is 455. The number of oxime groups is 3. The van der Waals surface area contributed by atoms with Crippen LogP contribution in [0.5, 0.6) is 0 Å². The van der Waals surface area contributed by atoms with E-state index in [0.29, 0.717) is 0 Å². The molecule has 0 atom stereocenters. The first-order valence-corrected chi connectivity index (χ1v) is 5.45. The highest BCUT2D eigenvalue weighted by Crippen LogP contribution is 2.17. The monoisotopic (exact) mass is 309 g/mol. The van der Waals surface area contributed by atoms with Gasteiger partial charge in [0.1, 0.15) is 0 Å². The van der Waals surface area contributed by atoms with Gasteiger partial charge in [-0.15, -0.1) is 0 Å². The van der Waals surface area contributed by atoms with Crippen molar-refractivity contribution in [3.63, 3.8) is 0 Å². The van der Waals surface area contributed by atoms with Crippen LogP contribution in [0.25, 0.3) is 0 Å². The van der Waals surface area contributed by atoms with Crippen molar-refractivity contribution < 1.29 is 15.6 Å². The molecular weight excluding hydrogens is 304 g/mol. The van der Waals surface area contributed by atoms with Gasteiger partial charge in [-0.1, -0.05) is 50.3 Å². The van der Waals surface area contributed by atoms with Gasteiger partial charge in [0.15, 0.2) is 15.5 Å². The van der Waals surface area contributed by atoms with E-state index in [1.54, 1.807) is 0 Å². The fourth-order valence-electron chi connectivity index (χ4n) is 1.16.